The van der Waals surface area contributed by atoms with E-state index in [0.29, 0.717) is 29.5 Å². The Morgan fingerprint density at radius 1 is 1.21 bits per heavy atom. The minimum Gasteiger partial charge on any atom is -0.376 e. The SMILES string of the molecule is CN1CCN(c2onc(-c3ccc(F)cc3)c2CN(C[C@H]2CCCO2)C(=O)c2cccs2)CC1. The van der Waals surface area contributed by atoms with Gasteiger partial charge in [0.2, 0.25) is 5.88 Å². The van der Waals surface area contributed by atoms with Gasteiger partial charge in [0.15, 0.2) is 0 Å². The van der Waals surface area contributed by atoms with Crippen LogP contribution in [0, 0.1) is 5.82 Å². The van der Waals surface area contributed by atoms with E-state index in [2.05, 4.69) is 22.0 Å². The number of ether oxygens (including phenoxy) is 1. The highest BCUT2D eigenvalue weighted by Crippen LogP contribution is 2.34. The molecule has 1 atom stereocenters. The molecule has 9 heteroatoms. The first-order valence-electron chi connectivity index (χ1n) is 11.7. The summed E-state index contributed by atoms with van der Waals surface area (Å²) in [6.07, 6.45) is 1.96. The summed E-state index contributed by atoms with van der Waals surface area (Å²) in [5.41, 5.74) is 2.26. The summed E-state index contributed by atoms with van der Waals surface area (Å²) < 4.78 is 25.4. The predicted octanol–water partition coefficient (Wildman–Crippen LogP) is 4.12. The van der Waals surface area contributed by atoms with Gasteiger partial charge in [-0.25, -0.2) is 4.39 Å². The van der Waals surface area contributed by atoms with Gasteiger partial charge < -0.3 is 24.0 Å². The minimum absolute atomic E-state index is 0.0186. The lowest BCUT2D eigenvalue weighted by atomic mass is 10.1. The lowest BCUT2D eigenvalue weighted by Crippen LogP contribution is -2.45. The molecule has 2 saturated heterocycles. The number of anilines is 1. The van der Waals surface area contributed by atoms with Crippen molar-refractivity contribution in [1.29, 1.82) is 0 Å². The van der Waals surface area contributed by atoms with Gasteiger partial charge in [-0.3, -0.25) is 4.79 Å². The Bertz CT molecular complexity index is 1090. The van der Waals surface area contributed by atoms with Crippen LogP contribution in [0.1, 0.15) is 28.1 Å². The molecule has 3 aromatic rings. The molecule has 0 unspecified atom stereocenters. The van der Waals surface area contributed by atoms with Gasteiger partial charge in [0, 0.05) is 44.9 Å². The lowest BCUT2D eigenvalue weighted by Gasteiger charge is -2.33. The molecule has 1 amide bonds. The number of amides is 1. The van der Waals surface area contributed by atoms with E-state index in [1.54, 1.807) is 12.1 Å². The summed E-state index contributed by atoms with van der Waals surface area (Å²) in [6, 6.07) is 9.99. The van der Waals surface area contributed by atoms with Gasteiger partial charge in [-0.05, 0) is 55.6 Å². The van der Waals surface area contributed by atoms with Crippen molar-refractivity contribution in [3.63, 3.8) is 0 Å². The molecule has 34 heavy (non-hydrogen) atoms. The van der Waals surface area contributed by atoms with Crippen molar-refractivity contribution in [2.75, 3.05) is 51.3 Å². The number of halogens is 1. The Labute approximate surface area is 202 Å². The van der Waals surface area contributed by atoms with Crippen LogP contribution in [0.15, 0.2) is 46.3 Å². The minimum atomic E-state index is -0.305. The topological polar surface area (TPSA) is 62.1 Å². The van der Waals surface area contributed by atoms with Crippen molar-refractivity contribution in [3.8, 4) is 11.3 Å². The predicted molar refractivity (Wildman–Crippen MR) is 130 cm³/mol. The highest BCUT2D eigenvalue weighted by Gasteiger charge is 2.30. The maximum Gasteiger partial charge on any atom is 0.264 e. The first-order valence-corrected chi connectivity index (χ1v) is 12.6. The van der Waals surface area contributed by atoms with Gasteiger partial charge in [-0.1, -0.05) is 11.2 Å². The van der Waals surface area contributed by atoms with Gasteiger partial charge >= 0.3 is 0 Å². The first-order chi connectivity index (χ1) is 16.6. The normalized spacial score (nSPS) is 19.0. The molecular weight excluding hydrogens is 455 g/mol. The zero-order valence-electron chi connectivity index (χ0n) is 19.3. The quantitative estimate of drug-likeness (QED) is 0.503. The third-order valence-corrected chi connectivity index (χ3v) is 7.35. The average Bonchev–Trinajstić information content (AvgIpc) is 3.62. The third kappa shape index (κ3) is 5.01. The zero-order valence-corrected chi connectivity index (χ0v) is 20.1. The summed E-state index contributed by atoms with van der Waals surface area (Å²) in [5, 5.41) is 6.31. The first kappa shape index (κ1) is 23.0. The number of nitrogens with zero attached hydrogens (tertiary/aromatic N) is 4. The Kier molecular flexibility index (Phi) is 6.94. The number of hydrogen-bond donors (Lipinski definition) is 0. The molecule has 180 valence electrons. The molecule has 2 aliphatic rings. The molecule has 4 heterocycles. The molecule has 2 aliphatic heterocycles. The van der Waals surface area contributed by atoms with Crippen LogP contribution in [-0.2, 0) is 11.3 Å². The van der Waals surface area contributed by atoms with E-state index in [1.807, 2.05) is 22.4 Å². The van der Waals surface area contributed by atoms with Crippen LogP contribution < -0.4 is 4.90 Å². The second-order valence-electron chi connectivity index (χ2n) is 8.91. The van der Waals surface area contributed by atoms with E-state index < -0.39 is 0 Å². The van der Waals surface area contributed by atoms with Crippen LogP contribution in [0.2, 0.25) is 0 Å². The van der Waals surface area contributed by atoms with Crippen LogP contribution in [0.25, 0.3) is 11.3 Å². The summed E-state index contributed by atoms with van der Waals surface area (Å²) in [7, 11) is 2.10. The number of carbonyl (C=O) groups excluding carboxylic acids is 1. The number of hydrogen-bond acceptors (Lipinski definition) is 7. The average molecular weight is 485 g/mol. The molecule has 5 rings (SSSR count). The molecule has 0 N–H and O–H groups in total. The summed E-state index contributed by atoms with van der Waals surface area (Å²) >= 11 is 1.44. The number of carbonyl (C=O) groups is 1. The van der Waals surface area contributed by atoms with Crippen LogP contribution in [0.4, 0.5) is 10.3 Å². The van der Waals surface area contributed by atoms with Gasteiger partial charge in [0.05, 0.1) is 23.1 Å². The Balaban J connectivity index is 1.50. The van der Waals surface area contributed by atoms with E-state index >= 15 is 0 Å². The Morgan fingerprint density at radius 2 is 2.00 bits per heavy atom. The summed E-state index contributed by atoms with van der Waals surface area (Å²) in [6.45, 7) is 5.03. The van der Waals surface area contributed by atoms with Crippen molar-refractivity contribution in [3.05, 3.63) is 58.0 Å². The van der Waals surface area contributed by atoms with Gasteiger partial charge in [0.25, 0.3) is 5.91 Å². The van der Waals surface area contributed by atoms with E-state index in [1.165, 1.54) is 23.5 Å². The monoisotopic (exact) mass is 484 g/mol. The molecule has 0 aliphatic carbocycles. The van der Waals surface area contributed by atoms with Crippen molar-refractivity contribution in [2.45, 2.75) is 25.5 Å². The fourth-order valence-corrected chi connectivity index (χ4v) is 5.23. The van der Waals surface area contributed by atoms with E-state index in [-0.39, 0.29) is 17.8 Å². The third-order valence-electron chi connectivity index (χ3n) is 6.49. The number of piperazine rings is 1. The number of aromatic nitrogens is 1. The van der Waals surface area contributed by atoms with E-state index in [9.17, 15) is 9.18 Å². The van der Waals surface area contributed by atoms with E-state index in [4.69, 9.17) is 9.26 Å². The maximum atomic E-state index is 13.6. The fourth-order valence-electron chi connectivity index (χ4n) is 4.54. The van der Waals surface area contributed by atoms with Crippen LogP contribution in [0.3, 0.4) is 0 Å². The Morgan fingerprint density at radius 3 is 2.68 bits per heavy atom. The summed E-state index contributed by atoms with van der Waals surface area (Å²) in [4.78, 5) is 20.5. The van der Waals surface area contributed by atoms with Crippen LogP contribution >= 0.6 is 11.3 Å². The van der Waals surface area contributed by atoms with Crippen molar-refractivity contribution < 1.29 is 18.4 Å². The molecule has 2 fully saturated rings. The van der Waals surface area contributed by atoms with Crippen molar-refractivity contribution in [2.24, 2.45) is 0 Å². The number of benzene rings is 1. The Hall–Kier alpha value is -2.75. The standard InChI is InChI=1S/C25H29FN4O3S/c1-28-10-12-29(13-11-28)25-21(23(27-33-25)18-6-8-19(26)9-7-18)17-30(16-20-4-2-14-32-20)24(31)22-5-3-15-34-22/h3,5-9,15,20H,2,4,10-14,16-17H2,1H3/t20-/m1/s1. The number of likely N-dealkylation sites (N-methyl/N-ethyl adjacent to an activating group) is 1. The second-order valence-corrected chi connectivity index (χ2v) is 9.86. The van der Waals surface area contributed by atoms with Gasteiger partial charge in [-0.2, -0.15) is 0 Å². The second kappa shape index (κ2) is 10.2. The molecular formula is C25H29FN4O3S. The molecule has 0 saturated carbocycles. The number of rotatable bonds is 7. The van der Waals surface area contributed by atoms with Crippen LogP contribution in [-0.4, -0.2) is 73.3 Å². The highest BCUT2D eigenvalue weighted by molar-refractivity contribution is 7.12. The molecule has 0 bridgehead atoms. The highest BCUT2D eigenvalue weighted by atomic mass is 32.1. The molecule has 2 aromatic heterocycles. The van der Waals surface area contributed by atoms with Gasteiger partial charge in [-0.15, -0.1) is 11.3 Å². The van der Waals surface area contributed by atoms with Crippen LogP contribution in [0.5, 0.6) is 0 Å². The molecule has 0 spiro atoms. The maximum absolute atomic E-state index is 13.6. The smallest absolute Gasteiger partial charge is 0.264 e. The summed E-state index contributed by atoms with van der Waals surface area (Å²) in [5.74, 6) is 0.353. The molecule has 0 radical (unpaired) electrons. The van der Waals surface area contributed by atoms with E-state index in [0.717, 1.165) is 56.8 Å². The fraction of sp³-hybridized carbons (Fsp3) is 0.440. The van der Waals surface area contributed by atoms with Gasteiger partial charge in [0.1, 0.15) is 11.5 Å². The largest absolute Gasteiger partial charge is 0.376 e. The lowest BCUT2D eigenvalue weighted by molar-refractivity contribution is 0.0511. The number of thiophene rings is 1. The van der Waals surface area contributed by atoms with Crippen molar-refractivity contribution >= 4 is 23.1 Å². The molecule has 1 aromatic carbocycles. The molecule has 7 nitrogen and oxygen atoms in total. The van der Waals surface area contributed by atoms with Crippen molar-refractivity contribution in [1.82, 2.24) is 15.0 Å². The zero-order chi connectivity index (χ0) is 23.5.